The normalized spacial score (nSPS) is 25.6. The number of hydrogen-bond donors (Lipinski definition) is 1. The van der Waals surface area contributed by atoms with Gasteiger partial charge < -0.3 is 10.1 Å². The number of ether oxygens (including phenoxy) is 1. The van der Waals surface area contributed by atoms with E-state index < -0.39 is 0 Å². The van der Waals surface area contributed by atoms with Crippen molar-refractivity contribution in [2.75, 3.05) is 19.7 Å². The first-order chi connectivity index (χ1) is 12.7. The van der Waals surface area contributed by atoms with Gasteiger partial charge in [-0.3, -0.25) is 9.69 Å². The van der Waals surface area contributed by atoms with Crippen LogP contribution in [0.5, 0.6) is 0 Å². The molecular weight excluding hydrogens is 326 g/mol. The van der Waals surface area contributed by atoms with Crippen LogP contribution in [-0.2, 0) is 16.1 Å². The number of carbonyl (C=O) groups excluding carboxylic acids is 1. The molecule has 1 aromatic rings. The fourth-order valence-corrected chi connectivity index (χ4v) is 4.23. The van der Waals surface area contributed by atoms with Crippen LogP contribution in [0.1, 0.15) is 49.7 Å². The molecular formula is C21H27N3O2. The van der Waals surface area contributed by atoms with Gasteiger partial charge >= 0.3 is 0 Å². The molecule has 4 rings (SSSR count). The van der Waals surface area contributed by atoms with Gasteiger partial charge in [0.05, 0.1) is 17.2 Å². The van der Waals surface area contributed by atoms with Gasteiger partial charge in [-0.2, -0.15) is 5.26 Å². The predicted octanol–water partition coefficient (Wildman–Crippen LogP) is 2.60. The lowest BCUT2D eigenvalue weighted by atomic mass is 9.82. The van der Waals surface area contributed by atoms with Crippen LogP contribution >= 0.6 is 0 Å². The molecule has 2 heterocycles. The van der Waals surface area contributed by atoms with E-state index in [1.54, 1.807) is 0 Å². The first kappa shape index (κ1) is 17.5. The molecule has 3 aliphatic rings. The highest BCUT2D eigenvalue weighted by molar-refractivity contribution is 5.81. The van der Waals surface area contributed by atoms with Crippen LogP contribution in [0.25, 0.3) is 0 Å². The molecule has 1 aliphatic carbocycles. The van der Waals surface area contributed by atoms with Gasteiger partial charge in [-0.15, -0.1) is 0 Å². The molecule has 138 valence electrons. The second-order valence-corrected chi connectivity index (χ2v) is 8.09. The van der Waals surface area contributed by atoms with Gasteiger partial charge in [0.15, 0.2) is 0 Å². The number of likely N-dealkylation sites (tertiary alicyclic amines) is 1. The first-order valence-corrected chi connectivity index (χ1v) is 9.82. The summed E-state index contributed by atoms with van der Waals surface area (Å²) in [7, 11) is 0. The molecule has 1 aromatic carbocycles. The lowest BCUT2D eigenvalue weighted by Gasteiger charge is -2.46. The summed E-state index contributed by atoms with van der Waals surface area (Å²) in [6.45, 7) is 3.71. The summed E-state index contributed by atoms with van der Waals surface area (Å²) < 4.78 is 6.21. The number of hydrogen-bond acceptors (Lipinski definition) is 4. The molecule has 0 bridgehead atoms. The number of nitriles is 1. The van der Waals surface area contributed by atoms with E-state index in [1.165, 1.54) is 5.56 Å². The molecule has 1 spiro atoms. The Balaban J connectivity index is 1.28. The topological polar surface area (TPSA) is 65.4 Å². The summed E-state index contributed by atoms with van der Waals surface area (Å²) in [6.07, 6.45) is 6.07. The Labute approximate surface area is 155 Å². The minimum atomic E-state index is -0.0546. The molecule has 5 nitrogen and oxygen atoms in total. The maximum atomic E-state index is 12.1. The van der Waals surface area contributed by atoms with Crippen molar-refractivity contribution >= 4 is 5.91 Å². The van der Waals surface area contributed by atoms with Gasteiger partial charge in [-0.05, 0) is 56.2 Å². The molecule has 1 atom stereocenters. The summed E-state index contributed by atoms with van der Waals surface area (Å²) in [5.74, 6) is 0.536. The average Bonchev–Trinajstić information content (AvgIpc) is 3.50. The standard InChI is InChI=1S/C21H27N3O2/c22-14-16-1-3-17(4-2-16)15-24-10-8-21(9-11-24)13-19(7-12-26-21)23-20(25)18-5-6-18/h1-4,18-19H,5-13,15H2,(H,23,25)/t19-/m0/s1. The molecule has 0 aromatic heterocycles. The minimum Gasteiger partial charge on any atom is -0.375 e. The lowest BCUT2D eigenvalue weighted by molar-refractivity contribution is -0.132. The van der Waals surface area contributed by atoms with Crippen LogP contribution in [0, 0.1) is 17.2 Å². The van der Waals surface area contributed by atoms with E-state index in [1.807, 2.05) is 24.3 Å². The van der Waals surface area contributed by atoms with E-state index in [4.69, 9.17) is 10.00 Å². The van der Waals surface area contributed by atoms with Gasteiger partial charge in [0.25, 0.3) is 0 Å². The Morgan fingerprint density at radius 2 is 1.96 bits per heavy atom. The zero-order valence-corrected chi connectivity index (χ0v) is 15.2. The van der Waals surface area contributed by atoms with Crippen LogP contribution in [-0.4, -0.2) is 42.1 Å². The summed E-state index contributed by atoms with van der Waals surface area (Å²) in [6, 6.07) is 10.3. The number of carbonyl (C=O) groups is 1. The third-order valence-electron chi connectivity index (χ3n) is 6.04. The molecule has 5 heteroatoms. The highest BCUT2D eigenvalue weighted by Crippen LogP contribution is 2.36. The lowest BCUT2D eigenvalue weighted by Crippen LogP contribution is -2.53. The molecule has 26 heavy (non-hydrogen) atoms. The van der Waals surface area contributed by atoms with Crippen molar-refractivity contribution in [1.29, 1.82) is 5.26 Å². The van der Waals surface area contributed by atoms with Gasteiger partial charge in [0.1, 0.15) is 0 Å². The van der Waals surface area contributed by atoms with E-state index in [-0.39, 0.29) is 23.5 Å². The average molecular weight is 353 g/mol. The number of rotatable bonds is 4. The fraction of sp³-hybridized carbons (Fsp3) is 0.619. The van der Waals surface area contributed by atoms with Crippen molar-refractivity contribution in [2.45, 2.75) is 56.7 Å². The van der Waals surface area contributed by atoms with E-state index in [2.05, 4.69) is 16.3 Å². The Morgan fingerprint density at radius 1 is 1.23 bits per heavy atom. The van der Waals surface area contributed by atoms with Crippen molar-refractivity contribution in [3.05, 3.63) is 35.4 Å². The summed E-state index contributed by atoms with van der Waals surface area (Å²) >= 11 is 0. The minimum absolute atomic E-state index is 0.0546. The van der Waals surface area contributed by atoms with E-state index >= 15 is 0 Å². The van der Waals surface area contributed by atoms with Crippen LogP contribution in [0.15, 0.2) is 24.3 Å². The number of amides is 1. The van der Waals surface area contributed by atoms with Gasteiger partial charge in [0, 0.05) is 38.2 Å². The molecule has 2 aliphatic heterocycles. The van der Waals surface area contributed by atoms with Crippen LogP contribution in [0.4, 0.5) is 0 Å². The molecule has 1 saturated carbocycles. The van der Waals surface area contributed by atoms with Gasteiger partial charge in [0.2, 0.25) is 5.91 Å². The third kappa shape index (κ3) is 4.08. The van der Waals surface area contributed by atoms with E-state index in [9.17, 15) is 4.79 Å². The zero-order chi connectivity index (χ0) is 18.0. The van der Waals surface area contributed by atoms with Crippen molar-refractivity contribution in [1.82, 2.24) is 10.2 Å². The number of benzene rings is 1. The van der Waals surface area contributed by atoms with Gasteiger partial charge in [-0.1, -0.05) is 12.1 Å². The van der Waals surface area contributed by atoms with E-state index in [0.29, 0.717) is 5.56 Å². The molecule has 3 fully saturated rings. The van der Waals surface area contributed by atoms with Crippen molar-refractivity contribution in [2.24, 2.45) is 5.92 Å². The second kappa shape index (κ2) is 7.38. The molecule has 2 saturated heterocycles. The maximum Gasteiger partial charge on any atom is 0.223 e. The first-order valence-electron chi connectivity index (χ1n) is 9.82. The largest absolute Gasteiger partial charge is 0.375 e. The van der Waals surface area contributed by atoms with E-state index in [0.717, 1.165) is 64.8 Å². The van der Waals surface area contributed by atoms with Crippen LogP contribution < -0.4 is 5.32 Å². The monoisotopic (exact) mass is 353 g/mol. The van der Waals surface area contributed by atoms with Crippen molar-refractivity contribution in [3.63, 3.8) is 0 Å². The predicted molar refractivity (Wildman–Crippen MR) is 98.2 cm³/mol. The Bertz CT molecular complexity index is 682. The number of piperidine rings is 1. The summed E-state index contributed by atoms with van der Waals surface area (Å²) in [5.41, 5.74) is 1.90. The van der Waals surface area contributed by atoms with Crippen molar-refractivity contribution < 1.29 is 9.53 Å². The quantitative estimate of drug-likeness (QED) is 0.904. The zero-order valence-electron chi connectivity index (χ0n) is 15.2. The Kier molecular flexibility index (Phi) is 4.97. The highest BCUT2D eigenvalue weighted by Gasteiger charge is 2.41. The molecule has 0 unspecified atom stereocenters. The Morgan fingerprint density at radius 3 is 2.62 bits per heavy atom. The molecule has 0 radical (unpaired) electrons. The SMILES string of the molecule is N#Cc1ccc(CN2CCC3(CC2)C[C@@H](NC(=O)C2CC2)CCO3)cc1. The smallest absolute Gasteiger partial charge is 0.223 e. The molecule has 1 amide bonds. The fourth-order valence-electron chi connectivity index (χ4n) is 4.23. The second-order valence-electron chi connectivity index (χ2n) is 8.09. The number of nitrogens with one attached hydrogen (secondary N) is 1. The maximum absolute atomic E-state index is 12.1. The van der Waals surface area contributed by atoms with Gasteiger partial charge in [-0.25, -0.2) is 0 Å². The molecule has 1 N–H and O–H groups in total. The summed E-state index contributed by atoms with van der Waals surface area (Å²) in [5, 5.41) is 12.2. The third-order valence-corrected chi connectivity index (χ3v) is 6.04. The summed E-state index contributed by atoms with van der Waals surface area (Å²) in [4.78, 5) is 14.5. The highest BCUT2D eigenvalue weighted by atomic mass is 16.5. The van der Waals surface area contributed by atoms with Crippen LogP contribution in [0.2, 0.25) is 0 Å². The number of nitrogens with zero attached hydrogens (tertiary/aromatic N) is 2. The van der Waals surface area contributed by atoms with Crippen molar-refractivity contribution in [3.8, 4) is 6.07 Å². The Hall–Kier alpha value is -1.90. The van der Waals surface area contributed by atoms with Crippen LogP contribution in [0.3, 0.4) is 0 Å².